The van der Waals surface area contributed by atoms with E-state index in [9.17, 15) is 4.79 Å². The molecule has 0 saturated carbocycles. The van der Waals surface area contributed by atoms with Crippen molar-refractivity contribution < 1.29 is 9.53 Å². The number of carbonyl (C=O) groups is 1. The fraction of sp³-hybridized carbons (Fsp3) is 0.318. The van der Waals surface area contributed by atoms with Crippen molar-refractivity contribution in [2.24, 2.45) is 0 Å². The van der Waals surface area contributed by atoms with E-state index in [0.29, 0.717) is 24.7 Å². The second-order valence-electron chi connectivity index (χ2n) is 7.60. The number of rotatable bonds is 5. The second kappa shape index (κ2) is 8.57. The van der Waals surface area contributed by atoms with Gasteiger partial charge >= 0.3 is 6.09 Å². The van der Waals surface area contributed by atoms with Crippen LogP contribution in [-0.2, 0) is 17.7 Å². The number of amides is 1. The summed E-state index contributed by atoms with van der Waals surface area (Å²) < 4.78 is 5.57. The lowest BCUT2D eigenvalue weighted by atomic mass is 10.1. The van der Waals surface area contributed by atoms with Crippen LogP contribution in [0.25, 0.3) is 10.8 Å². The summed E-state index contributed by atoms with van der Waals surface area (Å²) in [4.78, 5) is 23.2. The minimum atomic E-state index is -0.566. The maximum Gasteiger partial charge on any atom is 0.410 e. The zero-order valence-electron chi connectivity index (χ0n) is 16.4. The van der Waals surface area contributed by atoms with Gasteiger partial charge in [0.05, 0.1) is 12.2 Å². The molecule has 2 aromatic heterocycles. The quantitative estimate of drug-likeness (QED) is 0.551. The van der Waals surface area contributed by atoms with Crippen molar-refractivity contribution in [3.8, 4) is 0 Å². The Morgan fingerprint density at radius 2 is 1.86 bits per heavy atom. The number of hydrogen-bond donors (Lipinski definition) is 0. The third-order valence-corrected chi connectivity index (χ3v) is 4.40. The van der Waals surface area contributed by atoms with E-state index in [1.54, 1.807) is 11.1 Å². The third kappa shape index (κ3) is 5.42. The summed E-state index contributed by atoms with van der Waals surface area (Å²) in [6, 6.07) is 15.5. The van der Waals surface area contributed by atoms with Gasteiger partial charge in [0.1, 0.15) is 10.8 Å². The largest absolute Gasteiger partial charge is 0.444 e. The van der Waals surface area contributed by atoms with Gasteiger partial charge in [0.2, 0.25) is 0 Å². The summed E-state index contributed by atoms with van der Waals surface area (Å²) in [6.45, 7) is 6.39. The smallest absolute Gasteiger partial charge is 0.410 e. The van der Waals surface area contributed by atoms with Crippen LogP contribution in [0, 0.1) is 0 Å². The summed E-state index contributed by atoms with van der Waals surface area (Å²) in [5.74, 6) is 0. The standard InChI is InChI=1S/C22H24ClN3O2/c1-22(2,3)28-21(27)26(15-18-9-6-7-12-24-18)13-11-17-14-16-8-4-5-10-19(16)20(23)25-17/h4-10,12,14H,11,13,15H2,1-3H3. The molecule has 1 amide bonds. The van der Waals surface area contributed by atoms with E-state index < -0.39 is 5.60 Å². The van der Waals surface area contributed by atoms with Crippen LogP contribution < -0.4 is 0 Å². The third-order valence-electron chi connectivity index (χ3n) is 4.12. The lowest BCUT2D eigenvalue weighted by Gasteiger charge is -2.27. The van der Waals surface area contributed by atoms with Gasteiger partial charge in [0.25, 0.3) is 0 Å². The molecular formula is C22H24ClN3O2. The molecule has 2 heterocycles. The van der Waals surface area contributed by atoms with Crippen LogP contribution in [0.1, 0.15) is 32.2 Å². The number of hydrogen-bond acceptors (Lipinski definition) is 4. The highest BCUT2D eigenvalue weighted by Gasteiger charge is 2.22. The zero-order chi connectivity index (χ0) is 20.1. The molecule has 0 unspecified atom stereocenters. The minimum absolute atomic E-state index is 0.370. The fourth-order valence-corrected chi connectivity index (χ4v) is 3.12. The first kappa shape index (κ1) is 20.1. The molecule has 3 aromatic rings. The molecule has 0 aliphatic heterocycles. The highest BCUT2D eigenvalue weighted by molar-refractivity contribution is 6.34. The average molecular weight is 398 g/mol. The first-order valence-electron chi connectivity index (χ1n) is 9.24. The number of carbonyl (C=O) groups excluding carboxylic acids is 1. The number of aromatic nitrogens is 2. The Labute approximate surface area is 170 Å². The normalized spacial score (nSPS) is 11.4. The molecule has 0 fully saturated rings. The summed E-state index contributed by atoms with van der Waals surface area (Å²) in [5.41, 5.74) is 1.07. The van der Waals surface area contributed by atoms with Crippen LogP contribution in [0.3, 0.4) is 0 Å². The van der Waals surface area contributed by atoms with Crippen LogP contribution >= 0.6 is 11.6 Å². The fourth-order valence-electron chi connectivity index (χ4n) is 2.83. The highest BCUT2D eigenvalue weighted by atomic mass is 35.5. The monoisotopic (exact) mass is 397 g/mol. The molecule has 0 spiro atoms. The second-order valence-corrected chi connectivity index (χ2v) is 7.96. The van der Waals surface area contributed by atoms with E-state index in [2.05, 4.69) is 9.97 Å². The van der Waals surface area contributed by atoms with Gasteiger partial charge in [0.15, 0.2) is 0 Å². The molecule has 0 bridgehead atoms. The van der Waals surface area contributed by atoms with Gasteiger partial charge in [-0.2, -0.15) is 0 Å². The predicted molar refractivity (Wildman–Crippen MR) is 111 cm³/mol. The maximum atomic E-state index is 12.7. The van der Waals surface area contributed by atoms with E-state index in [-0.39, 0.29) is 6.09 Å². The Morgan fingerprint density at radius 1 is 1.11 bits per heavy atom. The number of ether oxygens (including phenoxy) is 1. The van der Waals surface area contributed by atoms with E-state index in [0.717, 1.165) is 22.2 Å². The summed E-state index contributed by atoms with van der Waals surface area (Å²) in [6.07, 6.45) is 1.91. The van der Waals surface area contributed by atoms with Gasteiger partial charge in [-0.05, 0) is 44.4 Å². The lowest BCUT2D eigenvalue weighted by molar-refractivity contribution is 0.0233. The molecule has 28 heavy (non-hydrogen) atoms. The number of fused-ring (bicyclic) bond motifs is 1. The molecule has 0 aliphatic rings. The van der Waals surface area contributed by atoms with Gasteiger partial charge in [-0.15, -0.1) is 0 Å². The van der Waals surface area contributed by atoms with Crippen molar-refractivity contribution in [2.75, 3.05) is 6.54 Å². The molecule has 0 N–H and O–H groups in total. The van der Waals surface area contributed by atoms with Gasteiger partial charge in [-0.1, -0.05) is 41.9 Å². The van der Waals surface area contributed by atoms with Crippen LogP contribution in [0.2, 0.25) is 5.15 Å². The molecule has 0 radical (unpaired) electrons. The molecule has 146 valence electrons. The zero-order valence-corrected chi connectivity index (χ0v) is 17.1. The summed E-state index contributed by atoms with van der Waals surface area (Å²) in [7, 11) is 0. The molecular weight excluding hydrogens is 374 g/mol. The SMILES string of the molecule is CC(C)(C)OC(=O)N(CCc1cc2ccccc2c(Cl)n1)Cc1ccccn1. The Hall–Kier alpha value is -2.66. The van der Waals surface area contributed by atoms with E-state index in [1.807, 2.05) is 69.3 Å². The number of benzene rings is 1. The molecule has 6 heteroatoms. The summed E-state index contributed by atoms with van der Waals surface area (Å²) in [5, 5.41) is 2.43. The summed E-state index contributed by atoms with van der Waals surface area (Å²) >= 11 is 6.33. The Morgan fingerprint density at radius 3 is 2.57 bits per heavy atom. The van der Waals surface area contributed by atoms with Crippen molar-refractivity contribution in [1.82, 2.24) is 14.9 Å². The molecule has 0 saturated heterocycles. The van der Waals surface area contributed by atoms with Crippen molar-refractivity contribution in [1.29, 1.82) is 0 Å². The van der Waals surface area contributed by atoms with Crippen molar-refractivity contribution in [2.45, 2.75) is 39.3 Å². The molecule has 5 nitrogen and oxygen atoms in total. The molecule has 3 rings (SSSR count). The Kier molecular flexibility index (Phi) is 6.15. The van der Waals surface area contributed by atoms with Crippen LogP contribution in [-0.4, -0.2) is 33.1 Å². The topological polar surface area (TPSA) is 55.3 Å². The molecule has 0 aliphatic carbocycles. The van der Waals surface area contributed by atoms with Crippen molar-refractivity contribution >= 4 is 28.5 Å². The predicted octanol–water partition coefficient (Wildman–Crippen LogP) is 5.26. The Balaban J connectivity index is 1.78. The van der Waals surface area contributed by atoms with Gasteiger partial charge in [-0.3, -0.25) is 4.98 Å². The van der Waals surface area contributed by atoms with E-state index >= 15 is 0 Å². The first-order chi connectivity index (χ1) is 13.3. The van der Waals surface area contributed by atoms with Gasteiger partial charge in [0, 0.05) is 30.2 Å². The first-order valence-corrected chi connectivity index (χ1v) is 9.61. The van der Waals surface area contributed by atoms with Crippen molar-refractivity contribution in [3.05, 3.63) is 71.3 Å². The minimum Gasteiger partial charge on any atom is -0.444 e. The lowest BCUT2D eigenvalue weighted by Crippen LogP contribution is -2.37. The van der Waals surface area contributed by atoms with E-state index in [4.69, 9.17) is 16.3 Å². The number of nitrogens with zero attached hydrogens (tertiary/aromatic N) is 3. The van der Waals surface area contributed by atoms with Crippen molar-refractivity contribution in [3.63, 3.8) is 0 Å². The van der Waals surface area contributed by atoms with Crippen LogP contribution in [0.4, 0.5) is 4.79 Å². The van der Waals surface area contributed by atoms with Gasteiger partial charge < -0.3 is 9.64 Å². The van der Waals surface area contributed by atoms with Crippen LogP contribution in [0.15, 0.2) is 54.7 Å². The van der Waals surface area contributed by atoms with E-state index in [1.165, 1.54) is 0 Å². The number of halogens is 1. The molecule has 0 atom stereocenters. The molecule has 1 aromatic carbocycles. The Bertz CT molecular complexity index is 955. The van der Waals surface area contributed by atoms with Gasteiger partial charge in [-0.25, -0.2) is 9.78 Å². The maximum absolute atomic E-state index is 12.7. The average Bonchev–Trinajstić information content (AvgIpc) is 2.64. The van der Waals surface area contributed by atoms with Crippen LogP contribution in [0.5, 0.6) is 0 Å². The number of pyridine rings is 2. The highest BCUT2D eigenvalue weighted by Crippen LogP contribution is 2.23.